The molecule has 0 bridgehead atoms. The monoisotopic (exact) mass is 250 g/mol. The van der Waals surface area contributed by atoms with Crippen molar-refractivity contribution in [2.45, 2.75) is 20.3 Å². The van der Waals surface area contributed by atoms with Crippen molar-refractivity contribution in [2.24, 2.45) is 5.92 Å². The lowest BCUT2D eigenvalue weighted by Crippen LogP contribution is -2.30. The number of carbonyl (C=O) groups is 2. The van der Waals surface area contributed by atoms with Gasteiger partial charge < -0.3 is 15.7 Å². The molecule has 0 aliphatic carbocycles. The van der Waals surface area contributed by atoms with Crippen LogP contribution in [0.5, 0.6) is 0 Å². The molecule has 0 spiro atoms. The average molecular weight is 250 g/mol. The van der Waals surface area contributed by atoms with Crippen molar-refractivity contribution in [1.82, 2.24) is 5.32 Å². The lowest BCUT2D eigenvalue weighted by Gasteiger charge is -2.10. The fraction of sp³-hybridized carbons (Fsp3) is 0.385. The molecule has 0 radical (unpaired) electrons. The SMILES string of the molecule is CC(C)CCNC(=O)Nc1ccccc1C(=O)O. The van der Waals surface area contributed by atoms with Gasteiger partial charge in [0.1, 0.15) is 0 Å². The van der Waals surface area contributed by atoms with Crippen LogP contribution >= 0.6 is 0 Å². The summed E-state index contributed by atoms with van der Waals surface area (Å²) in [7, 11) is 0. The third kappa shape index (κ3) is 4.45. The molecule has 0 aliphatic heterocycles. The van der Waals surface area contributed by atoms with Gasteiger partial charge >= 0.3 is 12.0 Å². The first-order chi connectivity index (χ1) is 8.50. The van der Waals surface area contributed by atoms with Crippen LogP contribution < -0.4 is 10.6 Å². The van der Waals surface area contributed by atoms with E-state index in [9.17, 15) is 9.59 Å². The Hall–Kier alpha value is -2.04. The number of rotatable bonds is 5. The predicted molar refractivity (Wildman–Crippen MR) is 69.9 cm³/mol. The van der Waals surface area contributed by atoms with Crippen LogP contribution in [0.4, 0.5) is 10.5 Å². The van der Waals surface area contributed by atoms with Gasteiger partial charge in [-0.3, -0.25) is 0 Å². The first-order valence-electron chi connectivity index (χ1n) is 5.88. The maximum Gasteiger partial charge on any atom is 0.337 e. The minimum atomic E-state index is -1.06. The van der Waals surface area contributed by atoms with Crippen LogP contribution in [-0.2, 0) is 0 Å². The number of carboxylic acids is 1. The molecule has 3 N–H and O–H groups in total. The van der Waals surface area contributed by atoms with Crippen LogP contribution in [-0.4, -0.2) is 23.7 Å². The van der Waals surface area contributed by atoms with Crippen molar-refractivity contribution in [3.8, 4) is 0 Å². The molecule has 0 saturated carbocycles. The van der Waals surface area contributed by atoms with E-state index in [0.717, 1.165) is 6.42 Å². The zero-order chi connectivity index (χ0) is 13.5. The highest BCUT2D eigenvalue weighted by molar-refractivity contribution is 5.99. The van der Waals surface area contributed by atoms with Gasteiger partial charge in [-0.05, 0) is 24.5 Å². The average Bonchev–Trinajstić information content (AvgIpc) is 2.28. The second-order valence-electron chi connectivity index (χ2n) is 4.41. The summed E-state index contributed by atoms with van der Waals surface area (Å²) in [4.78, 5) is 22.5. The van der Waals surface area contributed by atoms with Crippen LogP contribution in [0.15, 0.2) is 24.3 Å². The molecule has 18 heavy (non-hydrogen) atoms. The summed E-state index contributed by atoms with van der Waals surface area (Å²) in [6.45, 7) is 4.71. The van der Waals surface area contributed by atoms with Gasteiger partial charge in [-0.1, -0.05) is 26.0 Å². The minimum Gasteiger partial charge on any atom is -0.478 e. The van der Waals surface area contributed by atoms with Gasteiger partial charge in [-0.25, -0.2) is 9.59 Å². The normalized spacial score (nSPS) is 10.2. The highest BCUT2D eigenvalue weighted by atomic mass is 16.4. The molecule has 5 nitrogen and oxygen atoms in total. The van der Waals surface area contributed by atoms with Crippen LogP contribution in [0.2, 0.25) is 0 Å². The van der Waals surface area contributed by atoms with E-state index in [1.165, 1.54) is 6.07 Å². The number of carboxylic acid groups (broad SMARTS) is 1. The molecule has 1 aromatic rings. The minimum absolute atomic E-state index is 0.0801. The van der Waals surface area contributed by atoms with E-state index in [-0.39, 0.29) is 11.6 Å². The molecule has 0 atom stereocenters. The van der Waals surface area contributed by atoms with E-state index in [2.05, 4.69) is 24.5 Å². The number of aromatic carboxylic acids is 1. The van der Waals surface area contributed by atoms with E-state index >= 15 is 0 Å². The maximum atomic E-state index is 11.6. The Labute approximate surface area is 106 Å². The Morgan fingerprint density at radius 3 is 2.56 bits per heavy atom. The molecule has 1 rings (SSSR count). The molecule has 0 fully saturated rings. The lowest BCUT2D eigenvalue weighted by atomic mass is 10.1. The van der Waals surface area contributed by atoms with Gasteiger partial charge in [0.25, 0.3) is 0 Å². The standard InChI is InChI=1S/C13H18N2O3/c1-9(2)7-8-14-13(18)15-11-6-4-3-5-10(11)12(16)17/h3-6,9H,7-8H2,1-2H3,(H,16,17)(H2,14,15,18). The van der Waals surface area contributed by atoms with E-state index in [1.54, 1.807) is 18.2 Å². The predicted octanol–water partition coefficient (Wildman–Crippen LogP) is 2.55. The highest BCUT2D eigenvalue weighted by Crippen LogP contribution is 2.14. The van der Waals surface area contributed by atoms with Crippen molar-refractivity contribution in [2.75, 3.05) is 11.9 Å². The number of benzene rings is 1. The molecular formula is C13H18N2O3. The third-order valence-corrected chi connectivity index (χ3v) is 2.41. The van der Waals surface area contributed by atoms with Crippen molar-refractivity contribution in [3.63, 3.8) is 0 Å². The number of para-hydroxylation sites is 1. The molecule has 0 saturated heterocycles. The Bertz CT molecular complexity index is 430. The van der Waals surface area contributed by atoms with E-state index in [0.29, 0.717) is 18.2 Å². The third-order valence-electron chi connectivity index (χ3n) is 2.41. The summed E-state index contributed by atoms with van der Waals surface area (Å²) >= 11 is 0. The van der Waals surface area contributed by atoms with Crippen molar-refractivity contribution < 1.29 is 14.7 Å². The Balaban J connectivity index is 2.56. The number of hydrogen-bond acceptors (Lipinski definition) is 2. The van der Waals surface area contributed by atoms with E-state index in [4.69, 9.17) is 5.11 Å². The molecule has 0 aromatic heterocycles. The summed E-state index contributed by atoms with van der Waals surface area (Å²) in [5.41, 5.74) is 0.378. The van der Waals surface area contributed by atoms with Gasteiger partial charge in [0.05, 0.1) is 11.3 Å². The van der Waals surface area contributed by atoms with Crippen molar-refractivity contribution in [3.05, 3.63) is 29.8 Å². The molecule has 0 unspecified atom stereocenters. The summed E-state index contributed by atoms with van der Waals surface area (Å²) < 4.78 is 0. The van der Waals surface area contributed by atoms with Gasteiger partial charge in [0, 0.05) is 6.54 Å². The molecule has 0 heterocycles. The van der Waals surface area contributed by atoms with Gasteiger partial charge in [0.15, 0.2) is 0 Å². The quantitative estimate of drug-likeness (QED) is 0.751. The summed E-state index contributed by atoms with van der Waals surface area (Å²) in [6.07, 6.45) is 0.883. The summed E-state index contributed by atoms with van der Waals surface area (Å²) in [5, 5.41) is 14.2. The smallest absolute Gasteiger partial charge is 0.337 e. The highest BCUT2D eigenvalue weighted by Gasteiger charge is 2.11. The molecule has 5 heteroatoms. The van der Waals surface area contributed by atoms with Crippen molar-refractivity contribution >= 4 is 17.7 Å². The first-order valence-corrected chi connectivity index (χ1v) is 5.88. The second kappa shape index (κ2) is 6.64. The second-order valence-corrected chi connectivity index (χ2v) is 4.41. The Kier molecular flexibility index (Phi) is 5.17. The Morgan fingerprint density at radius 2 is 1.94 bits per heavy atom. The van der Waals surface area contributed by atoms with Crippen LogP contribution in [0, 0.1) is 5.92 Å². The van der Waals surface area contributed by atoms with Gasteiger partial charge in [-0.15, -0.1) is 0 Å². The summed E-state index contributed by atoms with van der Waals surface area (Å²) in [6, 6.07) is 5.92. The zero-order valence-electron chi connectivity index (χ0n) is 10.6. The van der Waals surface area contributed by atoms with Crippen LogP contribution in [0.25, 0.3) is 0 Å². The Morgan fingerprint density at radius 1 is 1.28 bits per heavy atom. The number of carbonyl (C=O) groups excluding carboxylic acids is 1. The fourth-order valence-electron chi connectivity index (χ4n) is 1.42. The number of hydrogen-bond donors (Lipinski definition) is 3. The largest absolute Gasteiger partial charge is 0.478 e. The van der Waals surface area contributed by atoms with Crippen LogP contribution in [0.1, 0.15) is 30.6 Å². The number of nitrogens with one attached hydrogen (secondary N) is 2. The zero-order valence-corrected chi connectivity index (χ0v) is 10.6. The van der Waals surface area contributed by atoms with Crippen molar-refractivity contribution in [1.29, 1.82) is 0 Å². The molecule has 0 aliphatic rings. The molecule has 2 amide bonds. The molecule has 98 valence electrons. The number of urea groups is 1. The fourth-order valence-corrected chi connectivity index (χ4v) is 1.42. The van der Waals surface area contributed by atoms with E-state index < -0.39 is 5.97 Å². The lowest BCUT2D eigenvalue weighted by molar-refractivity contribution is 0.0698. The first kappa shape index (κ1) is 14.0. The molecular weight excluding hydrogens is 232 g/mol. The maximum absolute atomic E-state index is 11.6. The van der Waals surface area contributed by atoms with E-state index in [1.807, 2.05) is 0 Å². The molecule has 1 aromatic carbocycles. The van der Waals surface area contributed by atoms with Gasteiger partial charge in [0.2, 0.25) is 0 Å². The summed E-state index contributed by atoms with van der Waals surface area (Å²) in [5.74, 6) is -0.551. The number of amides is 2. The van der Waals surface area contributed by atoms with Gasteiger partial charge in [-0.2, -0.15) is 0 Å². The van der Waals surface area contributed by atoms with Crippen LogP contribution in [0.3, 0.4) is 0 Å². The number of anilines is 1. The topological polar surface area (TPSA) is 78.4 Å².